The molecule has 0 radical (unpaired) electrons. The van der Waals surface area contributed by atoms with E-state index in [0.29, 0.717) is 18.1 Å². The minimum atomic E-state index is -0.280. The molecule has 0 aliphatic rings. The summed E-state index contributed by atoms with van der Waals surface area (Å²) < 4.78 is 20.5. The number of thiazole rings is 1. The predicted octanol–water partition coefficient (Wildman–Crippen LogP) is 4.21. The van der Waals surface area contributed by atoms with Crippen molar-refractivity contribution in [3.8, 4) is 5.75 Å². The van der Waals surface area contributed by atoms with Crippen molar-refractivity contribution in [1.29, 1.82) is 0 Å². The van der Waals surface area contributed by atoms with Crippen molar-refractivity contribution in [3.05, 3.63) is 63.7 Å². The van der Waals surface area contributed by atoms with Crippen LogP contribution in [0.15, 0.2) is 40.9 Å². The summed E-state index contributed by atoms with van der Waals surface area (Å²) >= 11 is 3.11. The second kappa shape index (κ2) is 7.61. The van der Waals surface area contributed by atoms with E-state index in [0.717, 1.165) is 33.0 Å². The molecule has 4 aromatic rings. The monoisotopic (exact) mass is 401 g/mol. The van der Waals surface area contributed by atoms with Gasteiger partial charge in [0.25, 0.3) is 0 Å². The quantitative estimate of drug-likeness (QED) is 0.451. The molecule has 3 aromatic heterocycles. The molecule has 0 atom stereocenters. The zero-order valence-corrected chi connectivity index (χ0v) is 16.4. The molecule has 6 nitrogen and oxygen atoms in total. The van der Waals surface area contributed by atoms with Crippen LogP contribution in [0.1, 0.15) is 22.2 Å². The molecule has 27 heavy (non-hydrogen) atoms. The van der Waals surface area contributed by atoms with Crippen LogP contribution in [0.4, 0.5) is 4.39 Å². The fourth-order valence-corrected chi connectivity index (χ4v) is 4.28. The first-order valence-electron chi connectivity index (χ1n) is 8.22. The van der Waals surface area contributed by atoms with E-state index in [1.54, 1.807) is 23.9 Å². The molecule has 0 fully saturated rings. The van der Waals surface area contributed by atoms with Crippen molar-refractivity contribution in [2.24, 2.45) is 0 Å². The molecule has 0 aliphatic carbocycles. The fourth-order valence-electron chi connectivity index (χ4n) is 2.59. The number of fused-ring (bicyclic) bond motifs is 1. The Kier molecular flexibility index (Phi) is 5.04. The third-order valence-corrected chi connectivity index (χ3v) is 5.62. The normalized spacial score (nSPS) is 11.2. The van der Waals surface area contributed by atoms with Gasteiger partial charge in [-0.1, -0.05) is 11.8 Å². The summed E-state index contributed by atoms with van der Waals surface area (Å²) in [4.78, 5) is 9.05. The van der Waals surface area contributed by atoms with Crippen molar-refractivity contribution in [2.45, 2.75) is 31.4 Å². The van der Waals surface area contributed by atoms with Gasteiger partial charge in [-0.2, -0.15) is 0 Å². The van der Waals surface area contributed by atoms with Crippen LogP contribution in [0.5, 0.6) is 5.75 Å². The zero-order valence-electron chi connectivity index (χ0n) is 14.7. The molecule has 0 amide bonds. The Bertz CT molecular complexity index is 1080. The van der Waals surface area contributed by atoms with Gasteiger partial charge >= 0.3 is 0 Å². The zero-order chi connectivity index (χ0) is 18.8. The SMILES string of the molecule is Cc1cc2nnc(SCc3csc(COc4ccc(F)cc4)n3)n2c(C)n1. The molecule has 0 unspecified atom stereocenters. The topological polar surface area (TPSA) is 65.2 Å². The third-order valence-electron chi connectivity index (χ3n) is 3.78. The molecule has 4 rings (SSSR count). The highest BCUT2D eigenvalue weighted by molar-refractivity contribution is 7.98. The van der Waals surface area contributed by atoms with E-state index in [2.05, 4.69) is 20.2 Å². The van der Waals surface area contributed by atoms with E-state index < -0.39 is 0 Å². The van der Waals surface area contributed by atoms with Crippen molar-refractivity contribution in [1.82, 2.24) is 24.6 Å². The van der Waals surface area contributed by atoms with E-state index >= 15 is 0 Å². The first-order chi connectivity index (χ1) is 13.1. The highest BCUT2D eigenvalue weighted by Gasteiger charge is 2.11. The number of halogens is 1. The maximum absolute atomic E-state index is 12.9. The maximum atomic E-state index is 12.9. The number of aryl methyl sites for hydroxylation is 2. The van der Waals surface area contributed by atoms with Gasteiger partial charge < -0.3 is 4.74 Å². The first-order valence-corrected chi connectivity index (χ1v) is 10.1. The van der Waals surface area contributed by atoms with Gasteiger partial charge in [-0.25, -0.2) is 14.4 Å². The average molecular weight is 401 g/mol. The summed E-state index contributed by atoms with van der Waals surface area (Å²) in [5.41, 5.74) is 2.68. The highest BCUT2D eigenvalue weighted by Crippen LogP contribution is 2.24. The van der Waals surface area contributed by atoms with Gasteiger partial charge in [0, 0.05) is 22.9 Å². The summed E-state index contributed by atoms with van der Waals surface area (Å²) in [5, 5.41) is 12.2. The summed E-state index contributed by atoms with van der Waals surface area (Å²) in [6.07, 6.45) is 0. The Morgan fingerprint density at radius 2 is 1.96 bits per heavy atom. The minimum Gasteiger partial charge on any atom is -0.486 e. The van der Waals surface area contributed by atoms with E-state index in [4.69, 9.17) is 4.74 Å². The molecule has 9 heteroatoms. The fraction of sp³-hybridized carbons (Fsp3) is 0.222. The van der Waals surface area contributed by atoms with Crippen LogP contribution in [0.3, 0.4) is 0 Å². The van der Waals surface area contributed by atoms with Crippen LogP contribution in [0.25, 0.3) is 5.65 Å². The van der Waals surface area contributed by atoms with Gasteiger partial charge in [-0.05, 0) is 38.1 Å². The second-order valence-corrected chi connectivity index (χ2v) is 7.77. The lowest BCUT2D eigenvalue weighted by Crippen LogP contribution is -1.99. The van der Waals surface area contributed by atoms with Crippen molar-refractivity contribution < 1.29 is 9.13 Å². The molecular weight excluding hydrogens is 385 g/mol. The molecule has 0 spiro atoms. The minimum absolute atomic E-state index is 0.280. The molecule has 0 aliphatic heterocycles. The predicted molar refractivity (Wildman–Crippen MR) is 103 cm³/mol. The van der Waals surface area contributed by atoms with Crippen LogP contribution in [-0.4, -0.2) is 24.6 Å². The second-order valence-electron chi connectivity index (χ2n) is 5.88. The van der Waals surface area contributed by atoms with Gasteiger partial charge in [0.15, 0.2) is 10.8 Å². The van der Waals surface area contributed by atoms with Gasteiger partial charge in [0.2, 0.25) is 0 Å². The molecule has 3 heterocycles. The average Bonchev–Trinajstić information content (AvgIpc) is 3.26. The molecule has 0 saturated carbocycles. The Labute approximate surface area is 163 Å². The smallest absolute Gasteiger partial charge is 0.197 e. The Morgan fingerprint density at radius 3 is 2.78 bits per heavy atom. The number of rotatable bonds is 6. The first kappa shape index (κ1) is 17.9. The van der Waals surface area contributed by atoms with Crippen LogP contribution >= 0.6 is 23.1 Å². The number of benzene rings is 1. The van der Waals surface area contributed by atoms with E-state index in [9.17, 15) is 4.39 Å². The molecule has 138 valence electrons. The third kappa shape index (κ3) is 4.09. The molecule has 0 N–H and O–H groups in total. The molecule has 0 saturated heterocycles. The van der Waals surface area contributed by atoms with Crippen LogP contribution in [0, 0.1) is 19.7 Å². The van der Waals surface area contributed by atoms with Crippen LogP contribution in [-0.2, 0) is 12.4 Å². The summed E-state index contributed by atoms with van der Waals surface area (Å²) in [6.45, 7) is 4.25. The van der Waals surface area contributed by atoms with Gasteiger partial charge in [0.1, 0.15) is 29.0 Å². The number of ether oxygens (including phenoxy) is 1. The lowest BCUT2D eigenvalue weighted by molar-refractivity contribution is 0.305. The number of nitrogens with zero attached hydrogens (tertiary/aromatic N) is 5. The van der Waals surface area contributed by atoms with Gasteiger partial charge in [0.05, 0.1) is 5.69 Å². The maximum Gasteiger partial charge on any atom is 0.197 e. The lowest BCUT2D eigenvalue weighted by atomic mass is 10.3. The summed E-state index contributed by atoms with van der Waals surface area (Å²) in [6, 6.07) is 7.88. The van der Waals surface area contributed by atoms with Crippen LogP contribution < -0.4 is 4.74 Å². The largest absolute Gasteiger partial charge is 0.486 e. The molecule has 1 aromatic carbocycles. The Morgan fingerprint density at radius 1 is 1.15 bits per heavy atom. The van der Waals surface area contributed by atoms with Gasteiger partial charge in [-0.15, -0.1) is 21.5 Å². The Hall–Kier alpha value is -2.52. The summed E-state index contributed by atoms with van der Waals surface area (Å²) in [7, 11) is 0. The van der Waals surface area contributed by atoms with E-state index in [1.165, 1.54) is 23.5 Å². The molecular formula is C18H16FN5OS2. The number of aromatic nitrogens is 5. The van der Waals surface area contributed by atoms with E-state index in [1.807, 2.05) is 29.7 Å². The van der Waals surface area contributed by atoms with Crippen LogP contribution in [0.2, 0.25) is 0 Å². The number of thioether (sulfide) groups is 1. The van der Waals surface area contributed by atoms with Gasteiger partial charge in [-0.3, -0.25) is 4.40 Å². The highest BCUT2D eigenvalue weighted by atomic mass is 32.2. The number of hydrogen-bond donors (Lipinski definition) is 0. The van der Waals surface area contributed by atoms with Crippen molar-refractivity contribution in [2.75, 3.05) is 0 Å². The molecule has 0 bridgehead atoms. The van der Waals surface area contributed by atoms with Crippen molar-refractivity contribution in [3.63, 3.8) is 0 Å². The lowest BCUT2D eigenvalue weighted by Gasteiger charge is -2.03. The van der Waals surface area contributed by atoms with Crippen molar-refractivity contribution >= 4 is 28.7 Å². The standard InChI is InChI=1S/C18H16FN5OS2/c1-11-7-16-22-23-18(24(16)12(2)20-11)27-10-14-9-26-17(21-14)8-25-15-5-3-13(19)4-6-15/h3-7,9H,8,10H2,1-2H3. The van der Waals surface area contributed by atoms with E-state index in [-0.39, 0.29) is 5.82 Å². The Balaban J connectivity index is 1.39. The number of hydrogen-bond acceptors (Lipinski definition) is 7. The summed E-state index contributed by atoms with van der Waals surface area (Å²) in [5.74, 6) is 1.89.